The van der Waals surface area contributed by atoms with Crippen molar-refractivity contribution in [3.05, 3.63) is 64.7 Å². The molecule has 4 rings (SSSR count). The highest BCUT2D eigenvalue weighted by atomic mass is 35.5. The first-order valence-electron chi connectivity index (χ1n) is 8.79. The molecule has 29 heavy (non-hydrogen) atoms. The van der Waals surface area contributed by atoms with E-state index >= 15 is 0 Å². The van der Waals surface area contributed by atoms with Crippen LogP contribution in [0.3, 0.4) is 0 Å². The van der Waals surface area contributed by atoms with Crippen LogP contribution in [-0.4, -0.2) is 33.4 Å². The molecule has 3 aromatic rings. The van der Waals surface area contributed by atoms with Gasteiger partial charge in [-0.05, 0) is 64.9 Å². The number of rotatable bonds is 6. The van der Waals surface area contributed by atoms with Crippen molar-refractivity contribution in [3.8, 4) is 11.5 Å². The highest BCUT2D eigenvalue weighted by Crippen LogP contribution is 2.34. The number of tetrazole rings is 1. The number of nitrogens with one attached hydrogen (secondary N) is 1. The van der Waals surface area contributed by atoms with Gasteiger partial charge in [-0.25, -0.2) is 0 Å². The lowest BCUT2D eigenvalue weighted by Crippen LogP contribution is -2.20. The summed E-state index contributed by atoms with van der Waals surface area (Å²) in [6, 6.07) is 11.5. The second-order valence-corrected chi connectivity index (χ2v) is 6.53. The Bertz CT molecular complexity index is 1040. The molecule has 1 aliphatic heterocycles. The molecule has 1 atom stereocenters. The van der Waals surface area contributed by atoms with Crippen molar-refractivity contribution in [2.75, 3.05) is 11.9 Å². The van der Waals surface area contributed by atoms with Crippen LogP contribution in [-0.2, 0) is 0 Å². The number of allylic oxidation sites excluding steroid dienone is 1. The zero-order valence-electron chi connectivity index (χ0n) is 15.2. The Morgan fingerprint density at radius 3 is 2.69 bits per heavy atom. The van der Waals surface area contributed by atoms with Gasteiger partial charge in [0.15, 0.2) is 0 Å². The summed E-state index contributed by atoms with van der Waals surface area (Å²) in [6.45, 7) is -0.471. The fraction of sp³-hybridized carbons (Fsp3) is 0.211. The van der Waals surface area contributed by atoms with E-state index < -0.39 is 6.61 Å². The van der Waals surface area contributed by atoms with E-state index in [1.807, 2.05) is 19.1 Å². The molecule has 0 radical (unpaired) electrons. The minimum absolute atomic E-state index is 0.0807. The molecule has 0 bridgehead atoms. The quantitative estimate of drug-likeness (QED) is 0.639. The monoisotopic (exact) mass is 419 g/mol. The zero-order valence-corrected chi connectivity index (χ0v) is 16.0. The Kier molecular flexibility index (Phi) is 5.30. The maximum absolute atomic E-state index is 12.4. The van der Waals surface area contributed by atoms with Crippen molar-refractivity contribution in [1.29, 1.82) is 0 Å². The summed E-state index contributed by atoms with van der Waals surface area (Å²) in [5, 5.41) is 15.4. The van der Waals surface area contributed by atoms with E-state index in [1.54, 1.807) is 28.9 Å². The molecule has 1 aromatic heterocycles. The number of anilines is 1. The Morgan fingerprint density at radius 2 is 2.00 bits per heavy atom. The average molecular weight is 420 g/mol. The van der Waals surface area contributed by atoms with E-state index in [4.69, 9.17) is 16.3 Å². The van der Waals surface area contributed by atoms with Gasteiger partial charge in [-0.3, -0.25) is 0 Å². The maximum Gasteiger partial charge on any atom is 0.387 e. The number of hydrogen-bond donors (Lipinski definition) is 1. The Morgan fingerprint density at radius 1 is 1.21 bits per heavy atom. The number of nitrogens with zero attached hydrogens (tertiary/aromatic N) is 4. The highest BCUT2D eigenvalue weighted by molar-refractivity contribution is 6.32. The molecular formula is C19H16ClF2N5O2. The number of hydrogen-bond acceptors (Lipinski definition) is 6. The van der Waals surface area contributed by atoms with Gasteiger partial charge in [0.25, 0.3) is 0 Å². The normalized spacial score (nSPS) is 15.5. The van der Waals surface area contributed by atoms with Crippen LogP contribution < -0.4 is 14.8 Å². The van der Waals surface area contributed by atoms with E-state index in [1.165, 1.54) is 12.1 Å². The van der Waals surface area contributed by atoms with Crippen LogP contribution >= 0.6 is 11.6 Å². The summed E-state index contributed by atoms with van der Waals surface area (Å²) in [7, 11) is 0. The van der Waals surface area contributed by atoms with Crippen molar-refractivity contribution < 1.29 is 18.3 Å². The molecule has 2 aromatic carbocycles. The first-order chi connectivity index (χ1) is 14.0. The van der Waals surface area contributed by atoms with Crippen molar-refractivity contribution in [2.24, 2.45) is 0 Å². The third-order valence-corrected chi connectivity index (χ3v) is 4.61. The molecule has 150 valence electrons. The van der Waals surface area contributed by atoms with Gasteiger partial charge in [0.2, 0.25) is 5.95 Å². The second kappa shape index (κ2) is 8.04. The van der Waals surface area contributed by atoms with Crippen LogP contribution in [0.1, 0.15) is 24.1 Å². The number of ether oxygens (including phenoxy) is 2. The SMILES string of the molecule is CCOc1ccc(C2=CC(c3ccc(OC(F)F)cc3)n3nnnc3N2)cc1Cl. The van der Waals surface area contributed by atoms with Gasteiger partial charge in [0.1, 0.15) is 17.5 Å². The molecule has 0 amide bonds. The zero-order chi connectivity index (χ0) is 20.4. The molecule has 10 heteroatoms. The Balaban J connectivity index is 1.68. The molecule has 0 fully saturated rings. The topological polar surface area (TPSA) is 74.1 Å². The van der Waals surface area contributed by atoms with E-state index in [0.29, 0.717) is 23.3 Å². The van der Waals surface area contributed by atoms with Crippen LogP contribution in [0.5, 0.6) is 11.5 Å². The summed E-state index contributed by atoms with van der Waals surface area (Å²) < 4.78 is 36.3. The smallest absolute Gasteiger partial charge is 0.387 e. The maximum atomic E-state index is 12.4. The summed E-state index contributed by atoms with van der Waals surface area (Å²) in [5.74, 6) is 1.13. The molecule has 1 N–H and O–H groups in total. The highest BCUT2D eigenvalue weighted by Gasteiger charge is 2.24. The van der Waals surface area contributed by atoms with Crippen LogP contribution in [0.25, 0.3) is 5.70 Å². The van der Waals surface area contributed by atoms with Gasteiger partial charge in [-0.15, -0.1) is 0 Å². The van der Waals surface area contributed by atoms with E-state index in [0.717, 1.165) is 16.8 Å². The lowest BCUT2D eigenvalue weighted by atomic mass is 10.0. The lowest BCUT2D eigenvalue weighted by molar-refractivity contribution is -0.0498. The fourth-order valence-corrected chi connectivity index (χ4v) is 3.28. The molecular weight excluding hydrogens is 404 g/mol. The summed E-state index contributed by atoms with van der Waals surface area (Å²) in [5.41, 5.74) is 2.39. The molecule has 1 unspecified atom stereocenters. The molecule has 7 nitrogen and oxygen atoms in total. The molecule has 2 heterocycles. The van der Waals surface area contributed by atoms with Crippen molar-refractivity contribution in [1.82, 2.24) is 20.2 Å². The van der Waals surface area contributed by atoms with Crippen LogP contribution in [0.2, 0.25) is 5.02 Å². The number of aromatic nitrogens is 4. The summed E-state index contributed by atoms with van der Waals surface area (Å²) in [4.78, 5) is 0. The van der Waals surface area contributed by atoms with Gasteiger partial charge >= 0.3 is 6.61 Å². The first-order valence-corrected chi connectivity index (χ1v) is 9.17. The molecule has 0 aliphatic carbocycles. The number of halogens is 3. The molecule has 1 aliphatic rings. The van der Waals surface area contributed by atoms with Gasteiger partial charge in [-0.2, -0.15) is 13.5 Å². The third kappa shape index (κ3) is 4.00. The van der Waals surface area contributed by atoms with E-state index in [9.17, 15) is 8.78 Å². The molecule has 0 saturated heterocycles. The number of alkyl halides is 2. The van der Waals surface area contributed by atoms with E-state index in [-0.39, 0.29) is 11.8 Å². The minimum Gasteiger partial charge on any atom is -0.492 e. The van der Waals surface area contributed by atoms with Gasteiger partial charge in [0.05, 0.1) is 11.6 Å². The lowest BCUT2D eigenvalue weighted by Gasteiger charge is -2.24. The number of fused-ring (bicyclic) bond motifs is 1. The van der Waals surface area contributed by atoms with Gasteiger partial charge in [-0.1, -0.05) is 28.8 Å². The van der Waals surface area contributed by atoms with Crippen molar-refractivity contribution in [3.63, 3.8) is 0 Å². The molecule has 0 saturated carbocycles. The van der Waals surface area contributed by atoms with Crippen LogP contribution in [0.15, 0.2) is 48.5 Å². The standard InChI is InChI=1S/C19H16ClF2N5O2/c1-2-28-17-8-5-12(9-14(17)20)15-10-16(27-19(23-15)24-25-26-27)11-3-6-13(7-4-11)29-18(21)22/h3-10,16,18H,2H2,1H3,(H,23,24,26). The van der Waals surface area contributed by atoms with Crippen LogP contribution in [0, 0.1) is 0 Å². The van der Waals surface area contributed by atoms with Gasteiger partial charge in [0, 0.05) is 5.70 Å². The first kappa shape index (κ1) is 19.1. The predicted octanol–water partition coefficient (Wildman–Crippen LogP) is 4.38. The second-order valence-electron chi connectivity index (χ2n) is 6.12. The van der Waals surface area contributed by atoms with Crippen LogP contribution in [0.4, 0.5) is 14.7 Å². The Labute approximate surface area is 169 Å². The summed E-state index contributed by atoms with van der Waals surface area (Å²) in [6.07, 6.45) is 1.93. The largest absolute Gasteiger partial charge is 0.492 e. The minimum atomic E-state index is -2.87. The fourth-order valence-electron chi connectivity index (χ4n) is 3.05. The number of benzene rings is 2. The predicted molar refractivity (Wildman–Crippen MR) is 103 cm³/mol. The van der Waals surface area contributed by atoms with Crippen molar-refractivity contribution >= 4 is 23.2 Å². The van der Waals surface area contributed by atoms with E-state index in [2.05, 4.69) is 25.6 Å². The molecule has 0 spiro atoms. The van der Waals surface area contributed by atoms with Gasteiger partial charge < -0.3 is 14.8 Å². The Hall–Kier alpha value is -3.20. The average Bonchev–Trinajstić information content (AvgIpc) is 3.18. The third-order valence-electron chi connectivity index (χ3n) is 4.32. The van der Waals surface area contributed by atoms with Crippen molar-refractivity contribution in [2.45, 2.75) is 19.6 Å². The summed E-state index contributed by atoms with van der Waals surface area (Å²) >= 11 is 6.32.